The molecule has 0 aliphatic rings. The molecule has 0 bridgehead atoms. The molecule has 2 aromatic carbocycles. The summed E-state index contributed by atoms with van der Waals surface area (Å²) in [5.41, 5.74) is 2.01. The predicted molar refractivity (Wildman–Crippen MR) is 118 cm³/mol. The first-order valence-electron chi connectivity index (χ1n) is 9.28. The van der Waals surface area contributed by atoms with Crippen LogP contribution in [0, 0.1) is 17.1 Å². The molecule has 2 aromatic heterocycles. The van der Waals surface area contributed by atoms with Crippen molar-refractivity contribution in [2.45, 2.75) is 11.1 Å². The molecule has 0 aliphatic heterocycles. The van der Waals surface area contributed by atoms with Gasteiger partial charge in [-0.3, -0.25) is 4.79 Å². The molecule has 0 saturated carbocycles. The van der Waals surface area contributed by atoms with E-state index in [9.17, 15) is 14.4 Å². The lowest BCUT2D eigenvalue weighted by Crippen LogP contribution is -2.13. The fraction of sp³-hybridized carbons (Fsp3) is 0.136. The van der Waals surface area contributed by atoms with Gasteiger partial charge in [-0.25, -0.2) is 9.37 Å². The molecule has 0 saturated heterocycles. The standard InChI is InChI=1S/C22H16FN5OS2/c1-28-20(15-9-5-6-10-17(15)23)26-27-22(28)31-13-19(29)16(11-24)21-25-18(12-30-21)14-7-3-2-4-8-14/h2-10,12,16H,13H2,1H3. The molecule has 2 heterocycles. The average molecular weight is 450 g/mol. The Bertz CT molecular complexity index is 1260. The highest BCUT2D eigenvalue weighted by Gasteiger charge is 2.25. The summed E-state index contributed by atoms with van der Waals surface area (Å²) in [6.45, 7) is 0. The summed E-state index contributed by atoms with van der Waals surface area (Å²) in [5.74, 6) is -1.21. The fourth-order valence-electron chi connectivity index (χ4n) is 2.96. The summed E-state index contributed by atoms with van der Waals surface area (Å²) >= 11 is 2.46. The lowest BCUT2D eigenvalue weighted by molar-refractivity contribution is -0.116. The number of halogens is 1. The van der Waals surface area contributed by atoms with E-state index in [-0.39, 0.29) is 11.5 Å². The monoisotopic (exact) mass is 449 g/mol. The normalized spacial score (nSPS) is 11.8. The Labute approximate surface area is 186 Å². The number of nitriles is 1. The third-order valence-corrected chi connectivity index (χ3v) is 6.53. The predicted octanol–water partition coefficient (Wildman–Crippen LogP) is 4.71. The minimum absolute atomic E-state index is 0.0295. The van der Waals surface area contributed by atoms with Crippen LogP contribution in [0.5, 0.6) is 0 Å². The molecule has 4 aromatic rings. The molecular weight excluding hydrogens is 433 g/mol. The minimum atomic E-state index is -0.950. The molecule has 4 rings (SSSR count). The molecule has 0 spiro atoms. The highest BCUT2D eigenvalue weighted by atomic mass is 32.2. The van der Waals surface area contributed by atoms with Crippen LogP contribution in [0.4, 0.5) is 4.39 Å². The first kappa shape index (κ1) is 20.9. The molecule has 0 amide bonds. The summed E-state index contributed by atoms with van der Waals surface area (Å²) in [6, 6.07) is 18.0. The van der Waals surface area contributed by atoms with Gasteiger partial charge in [0.1, 0.15) is 10.8 Å². The van der Waals surface area contributed by atoms with E-state index >= 15 is 0 Å². The van der Waals surface area contributed by atoms with Gasteiger partial charge in [-0.15, -0.1) is 21.5 Å². The zero-order valence-corrected chi connectivity index (χ0v) is 18.0. The van der Waals surface area contributed by atoms with Crippen molar-refractivity contribution < 1.29 is 9.18 Å². The smallest absolute Gasteiger partial charge is 0.191 e. The Morgan fingerprint density at radius 3 is 2.68 bits per heavy atom. The van der Waals surface area contributed by atoms with Crippen LogP contribution in [0.15, 0.2) is 65.1 Å². The van der Waals surface area contributed by atoms with E-state index in [1.165, 1.54) is 17.4 Å². The fourth-order valence-corrected chi connectivity index (χ4v) is 4.67. The van der Waals surface area contributed by atoms with Gasteiger partial charge in [0.05, 0.1) is 23.1 Å². The molecular formula is C22H16FN5OS2. The highest BCUT2D eigenvalue weighted by molar-refractivity contribution is 7.99. The van der Waals surface area contributed by atoms with Crippen molar-refractivity contribution in [2.24, 2.45) is 7.05 Å². The van der Waals surface area contributed by atoms with Crippen LogP contribution in [-0.2, 0) is 11.8 Å². The van der Waals surface area contributed by atoms with E-state index in [1.807, 2.05) is 35.7 Å². The van der Waals surface area contributed by atoms with E-state index in [1.54, 1.807) is 29.8 Å². The maximum atomic E-state index is 14.1. The Morgan fingerprint density at radius 2 is 1.94 bits per heavy atom. The van der Waals surface area contributed by atoms with E-state index in [0.29, 0.717) is 21.6 Å². The van der Waals surface area contributed by atoms with Crippen LogP contribution in [0.3, 0.4) is 0 Å². The third kappa shape index (κ3) is 4.40. The number of benzene rings is 2. The van der Waals surface area contributed by atoms with Crippen molar-refractivity contribution in [3.05, 3.63) is 70.8 Å². The summed E-state index contributed by atoms with van der Waals surface area (Å²) in [6.07, 6.45) is 0. The van der Waals surface area contributed by atoms with E-state index in [0.717, 1.165) is 23.0 Å². The van der Waals surface area contributed by atoms with E-state index in [4.69, 9.17) is 0 Å². The summed E-state index contributed by atoms with van der Waals surface area (Å²) < 4.78 is 15.7. The van der Waals surface area contributed by atoms with Gasteiger partial charge >= 0.3 is 0 Å². The lowest BCUT2D eigenvalue weighted by atomic mass is 10.1. The largest absolute Gasteiger partial charge is 0.305 e. The number of thiazole rings is 1. The van der Waals surface area contributed by atoms with Gasteiger partial charge < -0.3 is 4.57 Å². The van der Waals surface area contributed by atoms with Crippen LogP contribution >= 0.6 is 23.1 Å². The van der Waals surface area contributed by atoms with Crippen molar-refractivity contribution in [2.75, 3.05) is 5.75 Å². The molecule has 154 valence electrons. The Hall–Kier alpha value is -3.35. The second-order valence-corrected chi connectivity index (χ2v) is 8.43. The number of hydrogen-bond donors (Lipinski definition) is 0. The second-order valence-electron chi connectivity index (χ2n) is 6.60. The quantitative estimate of drug-likeness (QED) is 0.380. The van der Waals surface area contributed by atoms with Crippen LogP contribution in [0.25, 0.3) is 22.6 Å². The summed E-state index contributed by atoms with van der Waals surface area (Å²) in [5, 5.41) is 20.5. The lowest BCUT2D eigenvalue weighted by Gasteiger charge is -2.06. The zero-order valence-electron chi connectivity index (χ0n) is 16.4. The molecule has 0 fully saturated rings. The van der Waals surface area contributed by atoms with Crippen LogP contribution in [0.1, 0.15) is 10.9 Å². The highest BCUT2D eigenvalue weighted by Crippen LogP contribution is 2.29. The van der Waals surface area contributed by atoms with Gasteiger partial charge in [0.15, 0.2) is 22.7 Å². The first-order chi connectivity index (χ1) is 15.1. The Morgan fingerprint density at radius 1 is 1.19 bits per heavy atom. The van der Waals surface area contributed by atoms with Crippen molar-refractivity contribution >= 4 is 28.9 Å². The van der Waals surface area contributed by atoms with Gasteiger partial charge in [-0.1, -0.05) is 54.2 Å². The average Bonchev–Trinajstić information content (AvgIpc) is 3.41. The summed E-state index contributed by atoms with van der Waals surface area (Å²) in [7, 11) is 1.71. The molecule has 0 radical (unpaired) electrons. The molecule has 6 nitrogen and oxygen atoms in total. The number of aromatic nitrogens is 4. The number of Topliss-reactive ketones (excluding diaryl/α,β-unsaturated/α-hetero) is 1. The van der Waals surface area contributed by atoms with Gasteiger partial charge in [0, 0.05) is 18.0 Å². The number of carbonyl (C=O) groups excluding carboxylic acids is 1. The van der Waals surface area contributed by atoms with Crippen molar-refractivity contribution in [1.82, 2.24) is 19.7 Å². The van der Waals surface area contributed by atoms with Gasteiger partial charge in [-0.2, -0.15) is 5.26 Å². The van der Waals surface area contributed by atoms with Crippen molar-refractivity contribution in [1.29, 1.82) is 5.26 Å². The number of rotatable bonds is 7. The molecule has 31 heavy (non-hydrogen) atoms. The molecule has 9 heteroatoms. The number of thioether (sulfide) groups is 1. The number of nitrogens with zero attached hydrogens (tertiary/aromatic N) is 5. The molecule has 0 N–H and O–H groups in total. The number of hydrogen-bond acceptors (Lipinski definition) is 7. The number of carbonyl (C=O) groups is 1. The third-order valence-electron chi connectivity index (χ3n) is 4.58. The van der Waals surface area contributed by atoms with Crippen LogP contribution < -0.4 is 0 Å². The van der Waals surface area contributed by atoms with Gasteiger partial charge in [0.2, 0.25) is 0 Å². The van der Waals surface area contributed by atoms with E-state index in [2.05, 4.69) is 21.3 Å². The minimum Gasteiger partial charge on any atom is -0.305 e. The topological polar surface area (TPSA) is 84.5 Å². The van der Waals surface area contributed by atoms with Crippen molar-refractivity contribution in [3.63, 3.8) is 0 Å². The Kier molecular flexibility index (Phi) is 6.21. The maximum absolute atomic E-state index is 14.1. The van der Waals surface area contributed by atoms with Crippen molar-refractivity contribution in [3.8, 4) is 28.7 Å². The summed E-state index contributed by atoms with van der Waals surface area (Å²) in [4.78, 5) is 17.2. The maximum Gasteiger partial charge on any atom is 0.191 e. The molecule has 1 unspecified atom stereocenters. The zero-order chi connectivity index (χ0) is 21.8. The van der Waals surface area contributed by atoms with Crippen LogP contribution in [-0.4, -0.2) is 31.3 Å². The Balaban J connectivity index is 1.47. The van der Waals surface area contributed by atoms with Crippen LogP contribution in [0.2, 0.25) is 0 Å². The SMILES string of the molecule is Cn1c(SCC(=O)C(C#N)c2nc(-c3ccccc3)cs2)nnc1-c1ccccc1F. The number of ketones is 1. The van der Waals surface area contributed by atoms with E-state index < -0.39 is 11.7 Å². The molecule has 0 aliphatic carbocycles. The molecule has 1 atom stereocenters. The van der Waals surface area contributed by atoms with Gasteiger partial charge in [-0.05, 0) is 12.1 Å². The second kappa shape index (κ2) is 9.20. The first-order valence-corrected chi connectivity index (χ1v) is 11.1. The van der Waals surface area contributed by atoms with Gasteiger partial charge in [0.25, 0.3) is 0 Å².